The lowest BCUT2D eigenvalue weighted by Crippen LogP contribution is -2.32. The number of nitrogens with two attached hydrogens (primary N) is 1. The van der Waals surface area contributed by atoms with Gasteiger partial charge >= 0.3 is 6.18 Å². The average molecular weight is 350 g/mol. The number of likely N-dealkylation sites (tertiary alicyclic amines) is 1. The number of alkyl halides is 3. The molecule has 0 bridgehead atoms. The molecule has 128 valence electrons. The lowest BCUT2D eigenvalue weighted by atomic mass is 10.1. The number of carbonyl (C=O) groups is 1. The predicted octanol–water partition coefficient (Wildman–Crippen LogP) is 1.12. The molecule has 1 aliphatic rings. The highest BCUT2D eigenvalue weighted by molar-refractivity contribution is 7.91. The molecule has 9 heteroatoms. The molecule has 1 aromatic carbocycles. The number of amides is 1. The molecule has 2 N–H and O–H groups in total. The van der Waals surface area contributed by atoms with E-state index in [1.807, 2.05) is 0 Å². The first kappa shape index (κ1) is 17.7. The summed E-state index contributed by atoms with van der Waals surface area (Å²) in [5.74, 6) is -2.03. The Labute approximate surface area is 132 Å². The summed E-state index contributed by atoms with van der Waals surface area (Å²) < 4.78 is 60.0. The zero-order valence-corrected chi connectivity index (χ0v) is 13.0. The van der Waals surface area contributed by atoms with E-state index in [0.717, 1.165) is 18.6 Å². The second-order valence-corrected chi connectivity index (χ2v) is 7.57. The van der Waals surface area contributed by atoms with Crippen LogP contribution in [0.25, 0.3) is 0 Å². The fourth-order valence-corrected chi connectivity index (χ4v) is 3.56. The van der Waals surface area contributed by atoms with Crippen molar-refractivity contribution < 1.29 is 26.4 Å². The summed E-state index contributed by atoms with van der Waals surface area (Å²) in [5.41, 5.74) is 6.26. The summed E-state index contributed by atoms with van der Waals surface area (Å²) in [6.45, 7) is 1.06. The molecule has 1 amide bonds. The standard InChI is InChI=1S/C14H17F3N2O3S/c15-14(16,17)9-23(21,22)12-3-1-10(2-4-12)7-13(20)19-6-5-11(18)8-19/h1-4,11H,5-9,18H2/t11-/m0/s1. The van der Waals surface area contributed by atoms with Gasteiger partial charge in [-0.3, -0.25) is 4.79 Å². The van der Waals surface area contributed by atoms with E-state index in [1.54, 1.807) is 4.90 Å². The third-order valence-corrected chi connectivity index (χ3v) is 5.27. The summed E-state index contributed by atoms with van der Waals surface area (Å²) >= 11 is 0. The number of benzene rings is 1. The maximum absolute atomic E-state index is 12.3. The van der Waals surface area contributed by atoms with E-state index in [-0.39, 0.29) is 18.4 Å². The quantitative estimate of drug-likeness (QED) is 0.883. The molecular weight excluding hydrogens is 333 g/mol. The van der Waals surface area contributed by atoms with Gasteiger partial charge in [0.2, 0.25) is 5.91 Å². The van der Waals surface area contributed by atoms with Crippen LogP contribution >= 0.6 is 0 Å². The van der Waals surface area contributed by atoms with Crippen molar-refractivity contribution in [3.05, 3.63) is 29.8 Å². The van der Waals surface area contributed by atoms with Gasteiger partial charge in [0.15, 0.2) is 15.6 Å². The molecule has 5 nitrogen and oxygen atoms in total. The van der Waals surface area contributed by atoms with Gasteiger partial charge in [-0.15, -0.1) is 0 Å². The van der Waals surface area contributed by atoms with E-state index >= 15 is 0 Å². The maximum atomic E-state index is 12.3. The van der Waals surface area contributed by atoms with Gasteiger partial charge in [-0.1, -0.05) is 12.1 Å². The summed E-state index contributed by atoms with van der Waals surface area (Å²) in [6.07, 6.45) is -3.99. The van der Waals surface area contributed by atoms with E-state index in [1.165, 1.54) is 12.1 Å². The van der Waals surface area contributed by atoms with Gasteiger partial charge in [0.05, 0.1) is 11.3 Å². The van der Waals surface area contributed by atoms with Crippen LogP contribution in [-0.2, 0) is 21.1 Å². The summed E-state index contributed by atoms with van der Waals surface area (Å²) in [7, 11) is -4.42. The van der Waals surface area contributed by atoms with Crippen LogP contribution < -0.4 is 5.73 Å². The van der Waals surface area contributed by atoms with Crippen LogP contribution in [0.4, 0.5) is 13.2 Å². The Morgan fingerprint density at radius 1 is 1.26 bits per heavy atom. The Morgan fingerprint density at radius 2 is 1.87 bits per heavy atom. The first-order valence-electron chi connectivity index (χ1n) is 6.99. The fraction of sp³-hybridized carbons (Fsp3) is 0.500. The van der Waals surface area contributed by atoms with Crippen molar-refractivity contribution in [2.45, 2.75) is 30.0 Å². The smallest absolute Gasteiger partial charge is 0.341 e. The zero-order valence-electron chi connectivity index (χ0n) is 12.2. The number of hydrogen-bond donors (Lipinski definition) is 1. The van der Waals surface area contributed by atoms with Crippen molar-refractivity contribution in [1.29, 1.82) is 0 Å². The van der Waals surface area contributed by atoms with Crippen LogP contribution in [0.1, 0.15) is 12.0 Å². The number of sulfone groups is 1. The van der Waals surface area contributed by atoms with Crippen LogP contribution in [0.15, 0.2) is 29.2 Å². The monoisotopic (exact) mass is 350 g/mol. The summed E-state index contributed by atoms with van der Waals surface area (Å²) in [4.78, 5) is 13.2. The fourth-order valence-electron chi connectivity index (χ4n) is 2.41. The Hall–Kier alpha value is -1.61. The molecule has 0 radical (unpaired) electrons. The molecular formula is C14H17F3N2O3S. The molecule has 1 aromatic rings. The number of hydrogen-bond acceptors (Lipinski definition) is 4. The van der Waals surface area contributed by atoms with Crippen LogP contribution in [0.3, 0.4) is 0 Å². The van der Waals surface area contributed by atoms with Crippen LogP contribution in [0.2, 0.25) is 0 Å². The van der Waals surface area contributed by atoms with Crippen molar-refractivity contribution in [3.8, 4) is 0 Å². The largest absolute Gasteiger partial charge is 0.403 e. The van der Waals surface area contributed by atoms with Gasteiger partial charge < -0.3 is 10.6 Å². The second-order valence-electron chi connectivity index (χ2n) is 5.58. The molecule has 1 fully saturated rings. The predicted molar refractivity (Wildman–Crippen MR) is 77.4 cm³/mol. The zero-order chi connectivity index (χ0) is 17.3. The average Bonchev–Trinajstić information content (AvgIpc) is 2.83. The van der Waals surface area contributed by atoms with Gasteiger partial charge in [-0.2, -0.15) is 13.2 Å². The van der Waals surface area contributed by atoms with Crippen molar-refractivity contribution in [2.75, 3.05) is 18.8 Å². The van der Waals surface area contributed by atoms with Gasteiger partial charge in [0.1, 0.15) is 0 Å². The molecule has 1 saturated heterocycles. The van der Waals surface area contributed by atoms with Gasteiger partial charge in [0, 0.05) is 19.1 Å². The van der Waals surface area contributed by atoms with E-state index in [4.69, 9.17) is 5.73 Å². The van der Waals surface area contributed by atoms with E-state index < -0.39 is 26.7 Å². The SMILES string of the molecule is N[C@H]1CCN(C(=O)Cc2ccc(S(=O)(=O)CC(F)(F)F)cc2)C1. The van der Waals surface area contributed by atoms with Crippen molar-refractivity contribution in [1.82, 2.24) is 4.90 Å². The Bertz CT molecular complexity index is 672. The van der Waals surface area contributed by atoms with Crippen LogP contribution in [0, 0.1) is 0 Å². The number of nitrogens with zero attached hydrogens (tertiary/aromatic N) is 1. The lowest BCUT2D eigenvalue weighted by molar-refractivity contribution is -0.129. The topological polar surface area (TPSA) is 80.5 Å². The minimum absolute atomic E-state index is 0.0335. The number of carbonyl (C=O) groups excluding carboxylic acids is 1. The minimum Gasteiger partial charge on any atom is -0.341 e. The highest BCUT2D eigenvalue weighted by atomic mass is 32.2. The molecule has 0 spiro atoms. The minimum atomic E-state index is -4.79. The van der Waals surface area contributed by atoms with Crippen molar-refractivity contribution in [3.63, 3.8) is 0 Å². The van der Waals surface area contributed by atoms with Crippen molar-refractivity contribution >= 4 is 15.7 Å². The molecule has 1 atom stereocenters. The molecule has 0 saturated carbocycles. The lowest BCUT2D eigenvalue weighted by Gasteiger charge is -2.15. The molecule has 0 aliphatic carbocycles. The summed E-state index contributed by atoms with van der Waals surface area (Å²) in [5, 5.41) is 0. The Balaban J connectivity index is 2.03. The molecule has 1 heterocycles. The van der Waals surface area contributed by atoms with Gasteiger partial charge in [0.25, 0.3) is 0 Å². The van der Waals surface area contributed by atoms with E-state index in [0.29, 0.717) is 18.7 Å². The molecule has 0 unspecified atom stereocenters. The molecule has 0 aromatic heterocycles. The Kier molecular flexibility index (Phi) is 5.00. The van der Waals surface area contributed by atoms with Gasteiger partial charge in [-0.25, -0.2) is 8.42 Å². The number of rotatable bonds is 4. The normalized spacial score (nSPS) is 19.1. The maximum Gasteiger partial charge on any atom is 0.403 e. The highest BCUT2D eigenvalue weighted by Crippen LogP contribution is 2.23. The first-order chi connectivity index (χ1) is 10.6. The van der Waals surface area contributed by atoms with Crippen molar-refractivity contribution in [2.24, 2.45) is 5.73 Å². The van der Waals surface area contributed by atoms with Crippen LogP contribution in [-0.4, -0.2) is 50.3 Å². The first-order valence-corrected chi connectivity index (χ1v) is 8.64. The third kappa shape index (κ3) is 4.93. The van der Waals surface area contributed by atoms with Gasteiger partial charge in [-0.05, 0) is 24.1 Å². The van der Waals surface area contributed by atoms with E-state index in [2.05, 4.69) is 0 Å². The second kappa shape index (κ2) is 6.48. The third-order valence-electron chi connectivity index (χ3n) is 3.57. The molecule has 1 aliphatic heterocycles. The van der Waals surface area contributed by atoms with Crippen LogP contribution in [0.5, 0.6) is 0 Å². The van der Waals surface area contributed by atoms with E-state index in [9.17, 15) is 26.4 Å². The Morgan fingerprint density at radius 3 is 2.35 bits per heavy atom. The molecule has 23 heavy (non-hydrogen) atoms. The molecule has 2 rings (SSSR count). The summed E-state index contributed by atoms with van der Waals surface area (Å²) in [6, 6.07) is 4.88. The highest BCUT2D eigenvalue weighted by Gasteiger charge is 2.35. The number of halogens is 3.